The number of carboxylic acid groups (broad SMARTS) is 1. The van der Waals surface area contributed by atoms with Crippen molar-refractivity contribution < 1.29 is 9.90 Å². The Morgan fingerprint density at radius 3 is 2.54 bits per heavy atom. The number of carbonyl (C=O) groups excluding carboxylic acids is 1. The Hall–Kier alpha value is -3.69. The molecule has 0 unspecified atom stereocenters. The predicted octanol–water partition coefficient (Wildman–Crippen LogP) is 3.65. The summed E-state index contributed by atoms with van der Waals surface area (Å²) in [6.45, 7) is 0.420. The van der Waals surface area contributed by atoms with Gasteiger partial charge in [-0.1, -0.05) is 54.6 Å². The molecule has 0 saturated carbocycles. The minimum atomic E-state index is -1.24. The Labute approximate surface area is 166 Å². The molecule has 0 aliphatic rings. The summed E-state index contributed by atoms with van der Waals surface area (Å²) in [4.78, 5) is 14.5. The van der Waals surface area contributed by atoms with Crippen LogP contribution in [-0.2, 0) is 6.54 Å². The van der Waals surface area contributed by atoms with Crippen LogP contribution in [0.15, 0.2) is 66.7 Å². The molecule has 136 valence electrons. The highest BCUT2D eigenvalue weighted by molar-refractivity contribution is 7.71. The molecule has 0 fully saturated rings. The monoisotopic (exact) mass is 384 g/mol. The number of nitrogens with one attached hydrogen (secondary N) is 1. The molecular formula is C22H14N3O2S-. The van der Waals surface area contributed by atoms with E-state index in [1.807, 2.05) is 42.5 Å². The lowest BCUT2D eigenvalue weighted by molar-refractivity contribution is -0.254. The van der Waals surface area contributed by atoms with Gasteiger partial charge in [0, 0.05) is 5.56 Å². The van der Waals surface area contributed by atoms with E-state index in [0.717, 1.165) is 16.7 Å². The summed E-state index contributed by atoms with van der Waals surface area (Å²) in [5.74, 6) is -1.24. The first-order valence-electron chi connectivity index (χ1n) is 8.60. The Morgan fingerprint density at radius 2 is 1.82 bits per heavy atom. The number of aromatic amines is 1. The number of nitrogens with zero attached hydrogens (tertiary/aromatic N) is 2. The van der Waals surface area contributed by atoms with E-state index in [1.165, 1.54) is 6.07 Å². The van der Waals surface area contributed by atoms with E-state index in [4.69, 9.17) is 12.2 Å². The van der Waals surface area contributed by atoms with E-state index < -0.39 is 5.97 Å². The van der Waals surface area contributed by atoms with Gasteiger partial charge in [0.15, 0.2) is 4.77 Å². The molecule has 0 saturated heterocycles. The molecule has 4 rings (SSSR count). The van der Waals surface area contributed by atoms with Crippen LogP contribution in [0.2, 0.25) is 0 Å². The molecule has 28 heavy (non-hydrogen) atoms. The van der Waals surface area contributed by atoms with Crippen molar-refractivity contribution >= 4 is 29.2 Å². The van der Waals surface area contributed by atoms with Gasteiger partial charge in [0.2, 0.25) is 0 Å². The van der Waals surface area contributed by atoms with E-state index in [2.05, 4.69) is 11.1 Å². The lowest BCUT2D eigenvalue weighted by Gasteiger charge is -2.11. The zero-order chi connectivity index (χ0) is 19.7. The number of carboxylic acids is 1. The highest BCUT2D eigenvalue weighted by atomic mass is 32.1. The number of fused-ring (bicyclic) bond motifs is 1. The van der Waals surface area contributed by atoms with Crippen LogP contribution < -0.4 is 5.11 Å². The fraction of sp³-hybridized carbons (Fsp3) is 0.0455. The zero-order valence-electron chi connectivity index (χ0n) is 14.7. The Balaban J connectivity index is 1.73. The number of aromatic nitrogens is 2. The summed E-state index contributed by atoms with van der Waals surface area (Å²) in [6.07, 6.45) is 0. The van der Waals surface area contributed by atoms with Crippen molar-refractivity contribution in [3.8, 4) is 17.2 Å². The van der Waals surface area contributed by atoms with Gasteiger partial charge in [-0.15, -0.1) is 0 Å². The average molecular weight is 384 g/mol. The second-order valence-electron chi connectivity index (χ2n) is 6.36. The second-order valence-corrected chi connectivity index (χ2v) is 6.75. The number of carbonyl (C=O) groups is 1. The number of para-hydroxylation sites is 1. The van der Waals surface area contributed by atoms with Crippen molar-refractivity contribution in [2.24, 2.45) is 0 Å². The molecule has 4 aromatic rings. The third-order valence-electron chi connectivity index (χ3n) is 4.67. The summed E-state index contributed by atoms with van der Waals surface area (Å²) >= 11 is 5.39. The Bertz CT molecular complexity index is 1290. The van der Waals surface area contributed by atoms with Gasteiger partial charge >= 0.3 is 0 Å². The third kappa shape index (κ3) is 3.08. The fourth-order valence-electron chi connectivity index (χ4n) is 3.34. The van der Waals surface area contributed by atoms with Gasteiger partial charge in [0.1, 0.15) is 0 Å². The molecule has 0 aliphatic carbocycles. The van der Waals surface area contributed by atoms with Gasteiger partial charge < -0.3 is 19.5 Å². The second kappa shape index (κ2) is 7.14. The largest absolute Gasteiger partial charge is 0.545 e. The lowest BCUT2D eigenvalue weighted by atomic mass is 9.99. The molecule has 0 aliphatic heterocycles. The normalized spacial score (nSPS) is 10.7. The molecule has 1 aromatic heterocycles. The van der Waals surface area contributed by atoms with Crippen LogP contribution in [-0.4, -0.2) is 15.5 Å². The average Bonchev–Trinajstić information content (AvgIpc) is 3.03. The summed E-state index contributed by atoms with van der Waals surface area (Å²) in [5, 5.41) is 20.8. The smallest absolute Gasteiger partial charge is 0.178 e. The molecule has 3 aromatic carbocycles. The maximum atomic E-state index is 11.5. The maximum Gasteiger partial charge on any atom is 0.178 e. The number of hydrogen-bond acceptors (Lipinski definition) is 4. The summed E-state index contributed by atoms with van der Waals surface area (Å²) in [6, 6.07) is 22.4. The van der Waals surface area contributed by atoms with E-state index in [9.17, 15) is 15.2 Å². The highest BCUT2D eigenvalue weighted by Gasteiger charge is 2.11. The van der Waals surface area contributed by atoms with Crippen molar-refractivity contribution in [1.82, 2.24) is 9.55 Å². The molecular weight excluding hydrogens is 370 g/mol. The van der Waals surface area contributed by atoms with E-state index in [0.29, 0.717) is 27.9 Å². The van der Waals surface area contributed by atoms with Crippen LogP contribution in [0, 0.1) is 16.1 Å². The Morgan fingerprint density at radius 1 is 1.07 bits per heavy atom. The van der Waals surface area contributed by atoms with E-state index in [1.54, 1.807) is 22.8 Å². The van der Waals surface area contributed by atoms with Crippen molar-refractivity contribution in [2.75, 3.05) is 0 Å². The van der Waals surface area contributed by atoms with Crippen molar-refractivity contribution in [2.45, 2.75) is 6.54 Å². The number of nitriles is 1. The van der Waals surface area contributed by atoms with Gasteiger partial charge in [-0.25, -0.2) is 0 Å². The third-order valence-corrected chi connectivity index (χ3v) is 4.99. The molecule has 0 amide bonds. The van der Waals surface area contributed by atoms with Gasteiger partial charge in [-0.2, -0.15) is 5.26 Å². The lowest BCUT2D eigenvalue weighted by Crippen LogP contribution is -2.23. The minimum absolute atomic E-state index is 0.101. The van der Waals surface area contributed by atoms with Crippen LogP contribution in [0.4, 0.5) is 0 Å². The number of H-pyrrole nitrogens is 1. The first-order valence-corrected chi connectivity index (χ1v) is 9.00. The first-order chi connectivity index (χ1) is 13.6. The summed E-state index contributed by atoms with van der Waals surface area (Å²) < 4.78 is 2.20. The molecule has 0 bridgehead atoms. The van der Waals surface area contributed by atoms with Crippen LogP contribution in [0.1, 0.15) is 21.5 Å². The van der Waals surface area contributed by atoms with Crippen molar-refractivity contribution in [3.05, 3.63) is 88.2 Å². The van der Waals surface area contributed by atoms with Crippen molar-refractivity contribution in [1.29, 1.82) is 5.26 Å². The van der Waals surface area contributed by atoms with Crippen LogP contribution >= 0.6 is 12.2 Å². The SMILES string of the molecule is N#Cc1ccccc1-c1ccc(Cn2c(=S)[nH]c3cccc(C(=O)[O-])c32)cc1. The number of rotatable bonds is 4. The van der Waals surface area contributed by atoms with Crippen molar-refractivity contribution in [3.63, 3.8) is 0 Å². The highest BCUT2D eigenvalue weighted by Crippen LogP contribution is 2.25. The minimum Gasteiger partial charge on any atom is -0.545 e. The summed E-state index contributed by atoms with van der Waals surface area (Å²) in [5.41, 5.74) is 4.68. The first kappa shape index (κ1) is 17.7. The Kier molecular flexibility index (Phi) is 4.52. The van der Waals surface area contributed by atoms with E-state index in [-0.39, 0.29) is 5.56 Å². The topological polar surface area (TPSA) is 84.6 Å². The molecule has 1 N–H and O–H groups in total. The van der Waals surface area contributed by atoms with E-state index >= 15 is 0 Å². The number of hydrogen-bond donors (Lipinski definition) is 1. The molecule has 6 heteroatoms. The van der Waals surface area contributed by atoms with Crippen LogP contribution in [0.5, 0.6) is 0 Å². The predicted molar refractivity (Wildman–Crippen MR) is 107 cm³/mol. The zero-order valence-corrected chi connectivity index (χ0v) is 15.5. The fourth-order valence-corrected chi connectivity index (χ4v) is 3.61. The van der Waals surface area contributed by atoms with Gasteiger partial charge in [0.25, 0.3) is 0 Å². The van der Waals surface area contributed by atoms with Gasteiger partial charge in [0.05, 0.1) is 35.2 Å². The van der Waals surface area contributed by atoms with Crippen LogP contribution in [0.3, 0.4) is 0 Å². The molecule has 5 nitrogen and oxygen atoms in total. The van der Waals surface area contributed by atoms with Gasteiger partial charge in [-0.3, -0.25) is 0 Å². The molecule has 0 radical (unpaired) electrons. The van der Waals surface area contributed by atoms with Crippen LogP contribution in [0.25, 0.3) is 22.2 Å². The summed E-state index contributed by atoms with van der Waals surface area (Å²) in [7, 11) is 0. The van der Waals surface area contributed by atoms with Gasteiger partial charge in [-0.05, 0) is 41.0 Å². The standard InChI is InChI=1S/C22H15N3O2S/c23-12-16-4-1-2-5-17(16)15-10-8-14(9-11-15)13-25-20-18(21(26)27)6-3-7-19(20)24-22(25)28/h1-11H,13H2,(H,24,28)(H,26,27)/p-1. The number of benzene rings is 3. The number of imidazole rings is 1. The quantitative estimate of drug-likeness (QED) is 0.544. The molecule has 0 atom stereocenters. The molecule has 1 heterocycles. The molecule has 0 spiro atoms. The number of aromatic carboxylic acids is 1. The maximum absolute atomic E-state index is 11.5.